The van der Waals surface area contributed by atoms with Crippen LogP contribution in [0.5, 0.6) is 0 Å². The number of nitrogens with one attached hydrogen (secondary N) is 1. The zero-order valence-electron chi connectivity index (χ0n) is 9.07. The molecule has 1 unspecified atom stereocenters. The van der Waals surface area contributed by atoms with Gasteiger partial charge in [0.25, 0.3) is 0 Å². The topological polar surface area (TPSA) is 37.8 Å². The van der Waals surface area contributed by atoms with Gasteiger partial charge in [-0.05, 0) is 26.1 Å². The second-order valence-electron chi connectivity index (χ2n) is 3.74. The van der Waals surface area contributed by atoms with Crippen LogP contribution >= 0.6 is 0 Å². The van der Waals surface area contributed by atoms with E-state index in [-0.39, 0.29) is 0 Å². The summed E-state index contributed by atoms with van der Waals surface area (Å²) in [6, 6.07) is 8.37. The van der Waals surface area contributed by atoms with Gasteiger partial charge in [-0.15, -0.1) is 0 Å². The molecule has 0 fully saturated rings. The number of fused-ring (bicyclic) bond motifs is 1. The molecule has 0 aliphatic rings. The number of aromatic nitrogens is 2. The van der Waals surface area contributed by atoms with Gasteiger partial charge in [-0.25, -0.2) is 4.98 Å². The quantitative estimate of drug-likeness (QED) is 0.822. The molecule has 0 aliphatic heterocycles. The van der Waals surface area contributed by atoms with E-state index in [2.05, 4.69) is 22.2 Å². The van der Waals surface area contributed by atoms with Crippen LogP contribution in [0.15, 0.2) is 30.5 Å². The van der Waals surface area contributed by atoms with Crippen molar-refractivity contribution in [2.24, 2.45) is 0 Å². The predicted octanol–water partition coefficient (Wildman–Crippen LogP) is 1.78. The zero-order chi connectivity index (χ0) is 10.7. The van der Waals surface area contributed by atoms with Crippen LogP contribution in [0.4, 0.5) is 0 Å². The predicted molar refractivity (Wildman–Crippen MR) is 61.8 cm³/mol. The van der Waals surface area contributed by atoms with Crippen molar-refractivity contribution in [2.45, 2.75) is 19.4 Å². The summed E-state index contributed by atoms with van der Waals surface area (Å²) < 4.78 is 0. The number of benzene rings is 1. The molecule has 3 heteroatoms. The third-order valence-corrected chi connectivity index (χ3v) is 2.51. The fourth-order valence-electron chi connectivity index (χ4n) is 1.51. The number of hydrogen-bond donors (Lipinski definition) is 1. The molecular formula is C12H15N3. The molecule has 0 aliphatic carbocycles. The largest absolute Gasteiger partial charge is 0.317 e. The van der Waals surface area contributed by atoms with E-state index in [1.165, 1.54) is 0 Å². The van der Waals surface area contributed by atoms with Crippen LogP contribution in [-0.4, -0.2) is 23.1 Å². The highest BCUT2D eigenvalue weighted by Gasteiger charge is 2.03. The molecule has 0 radical (unpaired) electrons. The maximum absolute atomic E-state index is 4.56. The fraction of sp³-hybridized carbons (Fsp3) is 0.333. The summed E-state index contributed by atoms with van der Waals surface area (Å²) in [5, 5.41) is 3.19. The molecule has 1 atom stereocenters. The monoisotopic (exact) mass is 201 g/mol. The average molecular weight is 201 g/mol. The summed E-state index contributed by atoms with van der Waals surface area (Å²) in [6.45, 7) is 2.14. The number of para-hydroxylation sites is 2. The van der Waals surface area contributed by atoms with Crippen LogP contribution in [-0.2, 0) is 6.42 Å². The van der Waals surface area contributed by atoms with Gasteiger partial charge in [0.2, 0.25) is 0 Å². The molecule has 3 nitrogen and oxygen atoms in total. The van der Waals surface area contributed by atoms with Crippen LogP contribution < -0.4 is 5.32 Å². The molecule has 0 bridgehead atoms. The average Bonchev–Trinajstić information content (AvgIpc) is 2.29. The maximum Gasteiger partial charge on any atom is 0.0890 e. The molecule has 0 spiro atoms. The molecular weight excluding hydrogens is 186 g/mol. The van der Waals surface area contributed by atoms with Crippen molar-refractivity contribution in [2.75, 3.05) is 7.05 Å². The van der Waals surface area contributed by atoms with E-state index in [1.54, 1.807) is 0 Å². The molecule has 1 aromatic carbocycles. The van der Waals surface area contributed by atoms with E-state index < -0.39 is 0 Å². The molecule has 2 rings (SSSR count). The van der Waals surface area contributed by atoms with Gasteiger partial charge in [0, 0.05) is 18.7 Å². The Balaban J connectivity index is 2.30. The smallest absolute Gasteiger partial charge is 0.0890 e. The number of likely N-dealkylation sites (N-methyl/N-ethyl adjacent to an activating group) is 1. The minimum Gasteiger partial charge on any atom is -0.317 e. The van der Waals surface area contributed by atoms with Gasteiger partial charge >= 0.3 is 0 Å². The highest BCUT2D eigenvalue weighted by molar-refractivity contribution is 5.73. The van der Waals surface area contributed by atoms with E-state index in [4.69, 9.17) is 0 Å². The van der Waals surface area contributed by atoms with Gasteiger partial charge in [-0.3, -0.25) is 4.98 Å². The van der Waals surface area contributed by atoms with E-state index in [0.29, 0.717) is 6.04 Å². The number of nitrogens with zero attached hydrogens (tertiary/aromatic N) is 2. The lowest BCUT2D eigenvalue weighted by Crippen LogP contribution is -2.24. The Morgan fingerprint density at radius 1 is 1.27 bits per heavy atom. The maximum atomic E-state index is 4.56. The molecule has 78 valence electrons. The van der Waals surface area contributed by atoms with Crippen molar-refractivity contribution in [3.05, 3.63) is 36.2 Å². The minimum absolute atomic E-state index is 0.431. The summed E-state index contributed by atoms with van der Waals surface area (Å²) in [5.41, 5.74) is 2.97. The van der Waals surface area contributed by atoms with Crippen LogP contribution in [0, 0.1) is 0 Å². The van der Waals surface area contributed by atoms with Crippen LogP contribution in [0.25, 0.3) is 11.0 Å². The standard InChI is InChI=1S/C12H15N3/c1-9(13-2)7-10-8-14-11-5-3-4-6-12(11)15-10/h3-6,8-9,13H,7H2,1-2H3. The highest BCUT2D eigenvalue weighted by Crippen LogP contribution is 2.09. The Morgan fingerprint density at radius 2 is 2.00 bits per heavy atom. The lowest BCUT2D eigenvalue weighted by molar-refractivity contribution is 0.600. The molecule has 0 saturated heterocycles. The van der Waals surface area contributed by atoms with E-state index >= 15 is 0 Å². The van der Waals surface area contributed by atoms with E-state index in [9.17, 15) is 0 Å². The van der Waals surface area contributed by atoms with Gasteiger partial charge < -0.3 is 5.32 Å². The lowest BCUT2D eigenvalue weighted by atomic mass is 10.2. The third kappa shape index (κ3) is 2.30. The molecule has 1 N–H and O–H groups in total. The molecule has 2 aromatic rings. The molecule has 1 heterocycles. The molecule has 1 aromatic heterocycles. The van der Waals surface area contributed by atoms with Gasteiger partial charge in [0.1, 0.15) is 0 Å². The zero-order valence-corrected chi connectivity index (χ0v) is 9.07. The Morgan fingerprint density at radius 3 is 2.73 bits per heavy atom. The summed E-state index contributed by atoms with van der Waals surface area (Å²) in [6.07, 6.45) is 2.77. The summed E-state index contributed by atoms with van der Waals surface area (Å²) in [5.74, 6) is 0. The third-order valence-electron chi connectivity index (χ3n) is 2.51. The Hall–Kier alpha value is -1.48. The van der Waals surface area contributed by atoms with Crippen molar-refractivity contribution < 1.29 is 0 Å². The van der Waals surface area contributed by atoms with Gasteiger partial charge in [0.15, 0.2) is 0 Å². The summed E-state index contributed by atoms with van der Waals surface area (Å²) in [4.78, 5) is 8.94. The Bertz CT molecular complexity index is 453. The molecule has 15 heavy (non-hydrogen) atoms. The number of hydrogen-bond acceptors (Lipinski definition) is 3. The molecule has 0 amide bonds. The SMILES string of the molecule is CNC(C)Cc1cnc2ccccc2n1. The van der Waals surface area contributed by atoms with Crippen molar-refractivity contribution in [3.63, 3.8) is 0 Å². The second kappa shape index (κ2) is 4.36. The van der Waals surface area contributed by atoms with Crippen molar-refractivity contribution >= 4 is 11.0 Å². The van der Waals surface area contributed by atoms with Crippen molar-refractivity contribution in [1.82, 2.24) is 15.3 Å². The molecule has 0 saturated carbocycles. The van der Waals surface area contributed by atoms with Crippen molar-refractivity contribution in [3.8, 4) is 0 Å². The normalized spacial score (nSPS) is 12.9. The first kappa shape index (κ1) is 10.1. The lowest BCUT2D eigenvalue weighted by Gasteiger charge is -2.09. The highest BCUT2D eigenvalue weighted by atomic mass is 14.9. The Labute approximate surface area is 89.6 Å². The van der Waals surface area contributed by atoms with Crippen LogP contribution in [0.1, 0.15) is 12.6 Å². The summed E-state index contributed by atoms with van der Waals surface area (Å²) in [7, 11) is 1.96. The Kier molecular flexibility index (Phi) is 2.92. The van der Waals surface area contributed by atoms with E-state index in [1.807, 2.05) is 37.5 Å². The van der Waals surface area contributed by atoms with Crippen LogP contribution in [0.3, 0.4) is 0 Å². The van der Waals surface area contributed by atoms with Gasteiger partial charge in [0.05, 0.1) is 16.7 Å². The first-order valence-electron chi connectivity index (χ1n) is 5.17. The van der Waals surface area contributed by atoms with Crippen molar-refractivity contribution in [1.29, 1.82) is 0 Å². The van der Waals surface area contributed by atoms with Gasteiger partial charge in [-0.1, -0.05) is 12.1 Å². The fourth-order valence-corrected chi connectivity index (χ4v) is 1.51. The first-order valence-corrected chi connectivity index (χ1v) is 5.17. The van der Waals surface area contributed by atoms with Gasteiger partial charge in [-0.2, -0.15) is 0 Å². The van der Waals surface area contributed by atoms with E-state index in [0.717, 1.165) is 23.1 Å². The second-order valence-corrected chi connectivity index (χ2v) is 3.74. The van der Waals surface area contributed by atoms with Crippen LogP contribution in [0.2, 0.25) is 0 Å². The minimum atomic E-state index is 0.431. The first-order chi connectivity index (χ1) is 7.29. The number of rotatable bonds is 3. The summed E-state index contributed by atoms with van der Waals surface area (Å²) >= 11 is 0.